The minimum absolute atomic E-state index is 0.303. The summed E-state index contributed by atoms with van der Waals surface area (Å²) in [6.07, 6.45) is 3.53. The Morgan fingerprint density at radius 1 is 1.19 bits per heavy atom. The molecule has 0 saturated carbocycles. The molecule has 0 fully saturated rings. The summed E-state index contributed by atoms with van der Waals surface area (Å²) in [5.41, 5.74) is 0.660. The van der Waals surface area contributed by atoms with Gasteiger partial charge in [0.15, 0.2) is 18.1 Å². The molecular formula is C18H14Cl2O5S. The van der Waals surface area contributed by atoms with E-state index in [1.165, 1.54) is 12.2 Å². The Balaban J connectivity index is 1.60. The molecule has 0 amide bonds. The van der Waals surface area contributed by atoms with Gasteiger partial charge in [-0.15, -0.1) is 11.3 Å². The van der Waals surface area contributed by atoms with Crippen molar-refractivity contribution in [1.82, 2.24) is 0 Å². The number of Topliss-reactive ketones (excluding diaryl/α,β-unsaturated/α-hetero) is 1. The number of fused-ring (bicyclic) bond motifs is 1. The van der Waals surface area contributed by atoms with Crippen molar-refractivity contribution >= 4 is 52.4 Å². The van der Waals surface area contributed by atoms with Gasteiger partial charge in [0.25, 0.3) is 0 Å². The van der Waals surface area contributed by atoms with Gasteiger partial charge in [-0.1, -0.05) is 23.2 Å². The van der Waals surface area contributed by atoms with Crippen molar-refractivity contribution in [2.24, 2.45) is 0 Å². The van der Waals surface area contributed by atoms with Crippen molar-refractivity contribution < 1.29 is 23.8 Å². The summed E-state index contributed by atoms with van der Waals surface area (Å²) >= 11 is 13.1. The Labute approximate surface area is 164 Å². The molecular weight excluding hydrogens is 399 g/mol. The molecule has 26 heavy (non-hydrogen) atoms. The normalized spacial score (nSPS) is 13.5. The summed E-state index contributed by atoms with van der Waals surface area (Å²) < 4.78 is 16.6. The minimum atomic E-state index is -0.635. The van der Waals surface area contributed by atoms with E-state index in [1.807, 2.05) is 0 Å². The SMILES string of the molecule is O=C(C=Cc1cc(Cl)c2c(c1)OCCCO2)OCC(=O)c1ccc(Cl)s1. The molecule has 2 aromatic rings. The second kappa shape index (κ2) is 8.58. The van der Waals surface area contributed by atoms with E-state index in [-0.39, 0.29) is 12.4 Å². The number of carbonyl (C=O) groups excluding carboxylic acids is 2. The highest BCUT2D eigenvalue weighted by Crippen LogP contribution is 2.38. The Morgan fingerprint density at radius 2 is 2.00 bits per heavy atom. The predicted octanol–water partition coefficient (Wildman–Crippen LogP) is 4.66. The zero-order chi connectivity index (χ0) is 18.5. The fourth-order valence-corrected chi connectivity index (χ4v) is 3.47. The monoisotopic (exact) mass is 412 g/mol. The van der Waals surface area contributed by atoms with E-state index in [2.05, 4.69) is 0 Å². The van der Waals surface area contributed by atoms with Crippen LogP contribution in [0.25, 0.3) is 6.08 Å². The predicted molar refractivity (Wildman–Crippen MR) is 101 cm³/mol. The molecule has 0 spiro atoms. The molecule has 1 aliphatic heterocycles. The molecule has 1 aliphatic rings. The molecule has 8 heteroatoms. The Bertz CT molecular complexity index is 859. The molecule has 0 saturated heterocycles. The first-order valence-electron chi connectivity index (χ1n) is 7.75. The number of rotatable bonds is 5. The lowest BCUT2D eigenvalue weighted by Gasteiger charge is -2.09. The van der Waals surface area contributed by atoms with E-state index in [4.69, 9.17) is 37.4 Å². The van der Waals surface area contributed by atoms with Crippen molar-refractivity contribution in [3.63, 3.8) is 0 Å². The molecule has 0 atom stereocenters. The van der Waals surface area contributed by atoms with Crippen molar-refractivity contribution in [1.29, 1.82) is 0 Å². The molecule has 3 rings (SSSR count). The lowest BCUT2D eigenvalue weighted by molar-refractivity contribution is -0.136. The maximum Gasteiger partial charge on any atom is 0.331 e. The van der Waals surface area contributed by atoms with E-state index in [1.54, 1.807) is 24.3 Å². The van der Waals surface area contributed by atoms with Crippen LogP contribution in [-0.2, 0) is 9.53 Å². The van der Waals surface area contributed by atoms with E-state index in [0.717, 1.165) is 17.8 Å². The van der Waals surface area contributed by atoms with Gasteiger partial charge < -0.3 is 14.2 Å². The van der Waals surface area contributed by atoms with Crippen LogP contribution in [0.1, 0.15) is 21.7 Å². The smallest absolute Gasteiger partial charge is 0.331 e. The number of carbonyl (C=O) groups is 2. The van der Waals surface area contributed by atoms with Gasteiger partial charge in [-0.2, -0.15) is 0 Å². The summed E-state index contributed by atoms with van der Waals surface area (Å²) in [5, 5.41) is 0.405. The summed E-state index contributed by atoms with van der Waals surface area (Å²) in [6, 6.07) is 6.61. The summed E-state index contributed by atoms with van der Waals surface area (Å²) in [5.74, 6) is 0.100. The number of ketones is 1. The van der Waals surface area contributed by atoms with E-state index < -0.39 is 5.97 Å². The maximum absolute atomic E-state index is 11.9. The largest absolute Gasteiger partial charge is 0.489 e. The van der Waals surface area contributed by atoms with Crippen LogP contribution in [0.5, 0.6) is 11.5 Å². The number of esters is 1. The quantitative estimate of drug-likeness (QED) is 0.406. The third-order valence-corrected chi connectivity index (χ3v) is 4.98. The average molecular weight is 413 g/mol. The Kier molecular flexibility index (Phi) is 6.19. The zero-order valence-electron chi connectivity index (χ0n) is 13.5. The third-order valence-electron chi connectivity index (χ3n) is 3.43. The van der Waals surface area contributed by atoms with Crippen molar-refractivity contribution in [3.05, 3.63) is 50.1 Å². The first-order valence-corrected chi connectivity index (χ1v) is 9.32. The van der Waals surface area contributed by atoms with Gasteiger partial charge in [-0.25, -0.2) is 4.79 Å². The fourth-order valence-electron chi connectivity index (χ4n) is 2.23. The molecule has 1 aromatic heterocycles. The maximum atomic E-state index is 11.9. The van der Waals surface area contributed by atoms with Crippen LogP contribution in [0.15, 0.2) is 30.3 Å². The summed E-state index contributed by atoms with van der Waals surface area (Å²) in [7, 11) is 0. The van der Waals surface area contributed by atoms with Gasteiger partial charge in [0, 0.05) is 12.5 Å². The number of ether oxygens (including phenoxy) is 3. The Morgan fingerprint density at radius 3 is 2.77 bits per heavy atom. The molecule has 0 unspecified atom stereocenters. The van der Waals surface area contributed by atoms with Gasteiger partial charge in [0.05, 0.1) is 27.4 Å². The van der Waals surface area contributed by atoms with Crippen molar-refractivity contribution in [3.8, 4) is 11.5 Å². The standard InChI is InChI=1S/C18H14Cl2O5S/c19-12-8-11(9-14-18(12)24-7-1-6-23-14)2-5-17(22)25-10-13(21)15-3-4-16(20)26-15/h2-5,8-9H,1,6-7,10H2. The second-order valence-corrected chi connectivity index (χ2v) is 7.47. The molecule has 5 nitrogen and oxygen atoms in total. The molecule has 2 heterocycles. The third kappa shape index (κ3) is 4.78. The highest BCUT2D eigenvalue weighted by Gasteiger charge is 2.15. The highest BCUT2D eigenvalue weighted by atomic mass is 35.5. The van der Waals surface area contributed by atoms with Crippen LogP contribution in [0.2, 0.25) is 9.36 Å². The van der Waals surface area contributed by atoms with Gasteiger partial charge in [-0.05, 0) is 35.9 Å². The highest BCUT2D eigenvalue weighted by molar-refractivity contribution is 7.18. The van der Waals surface area contributed by atoms with E-state index in [9.17, 15) is 9.59 Å². The average Bonchev–Trinajstić information content (AvgIpc) is 2.91. The number of hydrogen-bond donors (Lipinski definition) is 0. The van der Waals surface area contributed by atoms with E-state index in [0.29, 0.717) is 44.5 Å². The molecule has 0 N–H and O–H groups in total. The number of thiophene rings is 1. The van der Waals surface area contributed by atoms with Crippen LogP contribution >= 0.6 is 34.5 Å². The number of hydrogen-bond acceptors (Lipinski definition) is 6. The molecule has 0 aliphatic carbocycles. The molecule has 136 valence electrons. The first kappa shape index (κ1) is 18.8. The van der Waals surface area contributed by atoms with Crippen LogP contribution < -0.4 is 9.47 Å². The minimum Gasteiger partial charge on any atom is -0.489 e. The zero-order valence-corrected chi connectivity index (χ0v) is 15.8. The second-order valence-electron chi connectivity index (χ2n) is 5.35. The molecule has 0 radical (unpaired) electrons. The molecule has 1 aromatic carbocycles. The van der Waals surface area contributed by atoms with Crippen LogP contribution in [0.4, 0.5) is 0 Å². The lowest BCUT2D eigenvalue weighted by Crippen LogP contribution is -2.11. The summed E-state index contributed by atoms with van der Waals surface area (Å²) in [4.78, 5) is 24.1. The van der Waals surface area contributed by atoms with Gasteiger partial charge >= 0.3 is 5.97 Å². The number of benzene rings is 1. The van der Waals surface area contributed by atoms with Crippen molar-refractivity contribution in [2.75, 3.05) is 19.8 Å². The number of halogens is 2. The van der Waals surface area contributed by atoms with Crippen LogP contribution in [-0.4, -0.2) is 31.6 Å². The van der Waals surface area contributed by atoms with Gasteiger partial charge in [0.1, 0.15) is 0 Å². The van der Waals surface area contributed by atoms with E-state index >= 15 is 0 Å². The van der Waals surface area contributed by atoms with Crippen molar-refractivity contribution in [2.45, 2.75) is 6.42 Å². The fraction of sp³-hybridized carbons (Fsp3) is 0.222. The molecule has 0 bridgehead atoms. The van der Waals surface area contributed by atoms with Crippen LogP contribution in [0.3, 0.4) is 0 Å². The topological polar surface area (TPSA) is 61.8 Å². The first-order chi connectivity index (χ1) is 12.5. The lowest BCUT2D eigenvalue weighted by atomic mass is 10.2. The Hall–Kier alpha value is -2.02. The summed E-state index contributed by atoms with van der Waals surface area (Å²) in [6.45, 7) is 0.729. The van der Waals surface area contributed by atoms with Gasteiger partial charge in [0.2, 0.25) is 5.78 Å². The van der Waals surface area contributed by atoms with Gasteiger partial charge in [-0.3, -0.25) is 4.79 Å². The van der Waals surface area contributed by atoms with Crippen LogP contribution in [0, 0.1) is 0 Å².